The van der Waals surface area contributed by atoms with E-state index in [1.807, 2.05) is 24.3 Å². The molecule has 0 unspecified atom stereocenters. The first-order chi connectivity index (χ1) is 6.24. The summed E-state index contributed by atoms with van der Waals surface area (Å²) in [7, 11) is 0. The van der Waals surface area contributed by atoms with E-state index in [9.17, 15) is 0 Å². The van der Waals surface area contributed by atoms with E-state index in [1.54, 1.807) is 0 Å². The highest BCUT2D eigenvalue weighted by Crippen LogP contribution is 2.38. The first kappa shape index (κ1) is 8.28. The van der Waals surface area contributed by atoms with Crippen LogP contribution in [0.5, 0.6) is 0 Å². The van der Waals surface area contributed by atoms with Crippen LogP contribution in [0.4, 0.5) is 0 Å². The molecule has 0 aromatic heterocycles. The molecule has 1 aromatic rings. The zero-order valence-corrected chi connectivity index (χ0v) is 7.46. The molecule has 1 saturated carbocycles. The van der Waals surface area contributed by atoms with Crippen LogP contribution in [0.3, 0.4) is 0 Å². The largest absolute Gasteiger partial charge is 0.321 e. The van der Waals surface area contributed by atoms with E-state index in [2.05, 4.69) is 6.07 Å². The maximum absolute atomic E-state index is 8.62. The third-order valence-electron chi connectivity index (χ3n) is 2.83. The smallest absolute Gasteiger partial charge is 0.0991 e. The van der Waals surface area contributed by atoms with Crippen molar-refractivity contribution in [2.24, 2.45) is 5.73 Å². The van der Waals surface area contributed by atoms with Crippen molar-refractivity contribution in [2.75, 3.05) is 0 Å². The second-order valence-electron chi connectivity index (χ2n) is 3.70. The molecule has 0 atom stereocenters. The molecule has 2 rings (SSSR count). The Morgan fingerprint density at radius 3 is 2.23 bits per heavy atom. The summed E-state index contributed by atoms with van der Waals surface area (Å²) in [5.74, 6) is 0. The molecule has 1 aromatic carbocycles. The number of benzene rings is 1. The SMILES string of the molecule is N#Cc1ccc(C2(N)CCC2)cc1. The summed E-state index contributed by atoms with van der Waals surface area (Å²) in [5.41, 5.74) is 7.89. The summed E-state index contributed by atoms with van der Waals surface area (Å²) >= 11 is 0. The molecular formula is C11H12N2. The Kier molecular flexibility index (Phi) is 1.82. The Bertz CT molecular complexity index is 341. The fourth-order valence-corrected chi connectivity index (χ4v) is 1.72. The van der Waals surface area contributed by atoms with Crippen molar-refractivity contribution in [3.05, 3.63) is 35.4 Å². The lowest BCUT2D eigenvalue weighted by Crippen LogP contribution is -2.43. The Morgan fingerprint density at radius 1 is 1.23 bits per heavy atom. The van der Waals surface area contributed by atoms with Gasteiger partial charge >= 0.3 is 0 Å². The second kappa shape index (κ2) is 2.86. The molecule has 66 valence electrons. The van der Waals surface area contributed by atoms with Gasteiger partial charge in [0, 0.05) is 5.54 Å². The summed E-state index contributed by atoms with van der Waals surface area (Å²) in [5, 5.41) is 8.62. The molecule has 0 heterocycles. The van der Waals surface area contributed by atoms with E-state index < -0.39 is 0 Å². The van der Waals surface area contributed by atoms with Gasteiger partial charge in [-0.05, 0) is 37.0 Å². The standard InChI is InChI=1S/C11H12N2/c12-8-9-2-4-10(5-3-9)11(13)6-1-7-11/h2-5H,1,6-7,13H2. The van der Waals surface area contributed by atoms with E-state index in [4.69, 9.17) is 11.0 Å². The van der Waals surface area contributed by atoms with Gasteiger partial charge in [0.2, 0.25) is 0 Å². The van der Waals surface area contributed by atoms with Gasteiger partial charge in [0.25, 0.3) is 0 Å². The van der Waals surface area contributed by atoms with Gasteiger partial charge in [-0.2, -0.15) is 5.26 Å². The molecule has 13 heavy (non-hydrogen) atoms. The number of nitriles is 1. The van der Waals surface area contributed by atoms with Crippen molar-refractivity contribution in [3.63, 3.8) is 0 Å². The topological polar surface area (TPSA) is 49.8 Å². The van der Waals surface area contributed by atoms with Crippen LogP contribution >= 0.6 is 0 Å². The zero-order chi connectivity index (χ0) is 9.31. The van der Waals surface area contributed by atoms with E-state index in [1.165, 1.54) is 6.42 Å². The number of nitrogens with zero attached hydrogens (tertiary/aromatic N) is 1. The molecule has 2 N–H and O–H groups in total. The third kappa shape index (κ3) is 1.32. The molecule has 0 radical (unpaired) electrons. The first-order valence-electron chi connectivity index (χ1n) is 4.54. The monoisotopic (exact) mass is 172 g/mol. The maximum atomic E-state index is 8.62. The first-order valence-corrected chi connectivity index (χ1v) is 4.54. The molecule has 1 aliphatic carbocycles. The van der Waals surface area contributed by atoms with Gasteiger partial charge in [0.1, 0.15) is 0 Å². The molecule has 1 aliphatic rings. The van der Waals surface area contributed by atoms with Gasteiger partial charge in [-0.1, -0.05) is 12.1 Å². The number of hydrogen-bond donors (Lipinski definition) is 1. The zero-order valence-electron chi connectivity index (χ0n) is 7.46. The van der Waals surface area contributed by atoms with Gasteiger partial charge in [-0.15, -0.1) is 0 Å². The highest BCUT2D eigenvalue weighted by molar-refractivity contribution is 5.35. The Hall–Kier alpha value is -1.33. The number of rotatable bonds is 1. The van der Waals surface area contributed by atoms with Crippen molar-refractivity contribution in [1.82, 2.24) is 0 Å². The van der Waals surface area contributed by atoms with Crippen LogP contribution in [0.1, 0.15) is 30.4 Å². The summed E-state index contributed by atoms with van der Waals surface area (Å²) in [6, 6.07) is 9.71. The van der Waals surface area contributed by atoms with E-state index in [-0.39, 0.29) is 5.54 Å². The Labute approximate surface area is 78.0 Å². The Morgan fingerprint density at radius 2 is 1.85 bits per heavy atom. The van der Waals surface area contributed by atoms with Gasteiger partial charge in [0.05, 0.1) is 11.6 Å². The van der Waals surface area contributed by atoms with Gasteiger partial charge in [-0.3, -0.25) is 0 Å². The maximum Gasteiger partial charge on any atom is 0.0991 e. The molecule has 0 spiro atoms. The van der Waals surface area contributed by atoms with Crippen LogP contribution < -0.4 is 5.73 Å². The molecule has 0 saturated heterocycles. The minimum absolute atomic E-state index is 0.103. The fraction of sp³-hybridized carbons (Fsp3) is 0.364. The van der Waals surface area contributed by atoms with Crippen LogP contribution in [0.15, 0.2) is 24.3 Å². The summed E-state index contributed by atoms with van der Waals surface area (Å²) in [6.07, 6.45) is 3.36. The average Bonchev–Trinajstić information content (AvgIpc) is 2.14. The minimum atomic E-state index is -0.103. The molecule has 2 nitrogen and oxygen atoms in total. The van der Waals surface area contributed by atoms with E-state index in [0.717, 1.165) is 18.4 Å². The lowest BCUT2D eigenvalue weighted by Gasteiger charge is -2.38. The molecule has 0 amide bonds. The summed E-state index contributed by atoms with van der Waals surface area (Å²) in [4.78, 5) is 0. The quantitative estimate of drug-likeness (QED) is 0.703. The lowest BCUT2D eigenvalue weighted by molar-refractivity contribution is 0.253. The molecule has 0 aliphatic heterocycles. The van der Waals surface area contributed by atoms with Gasteiger partial charge < -0.3 is 5.73 Å². The highest BCUT2D eigenvalue weighted by atomic mass is 14.8. The predicted octanol–water partition coefficient (Wildman–Crippen LogP) is 1.90. The number of nitrogens with two attached hydrogens (primary N) is 1. The second-order valence-corrected chi connectivity index (χ2v) is 3.70. The van der Waals surface area contributed by atoms with Crippen LogP contribution in [-0.2, 0) is 5.54 Å². The number of hydrogen-bond acceptors (Lipinski definition) is 2. The van der Waals surface area contributed by atoms with Crippen LogP contribution in [0, 0.1) is 11.3 Å². The molecular weight excluding hydrogens is 160 g/mol. The van der Waals surface area contributed by atoms with E-state index >= 15 is 0 Å². The summed E-state index contributed by atoms with van der Waals surface area (Å²) < 4.78 is 0. The normalized spacial score (nSPS) is 18.8. The average molecular weight is 172 g/mol. The van der Waals surface area contributed by atoms with Crippen molar-refractivity contribution < 1.29 is 0 Å². The van der Waals surface area contributed by atoms with Gasteiger partial charge in [0.15, 0.2) is 0 Å². The molecule has 2 heteroatoms. The van der Waals surface area contributed by atoms with E-state index in [0.29, 0.717) is 5.56 Å². The lowest BCUT2D eigenvalue weighted by atomic mass is 9.73. The van der Waals surface area contributed by atoms with Crippen LogP contribution in [0.25, 0.3) is 0 Å². The predicted molar refractivity (Wildman–Crippen MR) is 50.9 cm³/mol. The van der Waals surface area contributed by atoms with Gasteiger partial charge in [-0.25, -0.2) is 0 Å². The van der Waals surface area contributed by atoms with Crippen molar-refractivity contribution in [1.29, 1.82) is 5.26 Å². The van der Waals surface area contributed by atoms with Crippen molar-refractivity contribution in [3.8, 4) is 6.07 Å². The Balaban J connectivity index is 2.28. The third-order valence-corrected chi connectivity index (χ3v) is 2.83. The van der Waals surface area contributed by atoms with Crippen LogP contribution in [0.2, 0.25) is 0 Å². The summed E-state index contributed by atoms with van der Waals surface area (Å²) in [6.45, 7) is 0. The van der Waals surface area contributed by atoms with Crippen molar-refractivity contribution in [2.45, 2.75) is 24.8 Å². The van der Waals surface area contributed by atoms with Crippen LogP contribution in [-0.4, -0.2) is 0 Å². The minimum Gasteiger partial charge on any atom is -0.321 e. The highest BCUT2D eigenvalue weighted by Gasteiger charge is 2.33. The molecule has 1 fully saturated rings. The van der Waals surface area contributed by atoms with Crippen molar-refractivity contribution >= 4 is 0 Å². The fourth-order valence-electron chi connectivity index (χ4n) is 1.72. The molecule has 0 bridgehead atoms.